The lowest BCUT2D eigenvalue weighted by Gasteiger charge is -2.25. The molecule has 224 valence electrons. The Morgan fingerprint density at radius 2 is 1.93 bits per heavy atom. The Morgan fingerprint density at radius 3 is 2.64 bits per heavy atom. The first-order valence-corrected chi connectivity index (χ1v) is 14.2. The molecule has 0 radical (unpaired) electrons. The van der Waals surface area contributed by atoms with E-state index in [1.807, 2.05) is 0 Å². The monoisotopic (exact) mass is 644 g/mol. The lowest BCUT2D eigenvalue weighted by molar-refractivity contribution is -0.157. The summed E-state index contributed by atoms with van der Waals surface area (Å²) >= 11 is 3.41. The summed E-state index contributed by atoms with van der Waals surface area (Å²) in [4.78, 5) is 70.5. The predicted molar refractivity (Wildman–Crippen MR) is 156 cm³/mol. The van der Waals surface area contributed by atoms with E-state index >= 15 is 0 Å². The fourth-order valence-corrected chi connectivity index (χ4v) is 4.73. The highest BCUT2D eigenvalue weighted by atomic mass is 79.9. The molecule has 2 fully saturated rings. The molecule has 2 aliphatic heterocycles. The molecule has 4 rings (SSSR count). The van der Waals surface area contributed by atoms with Gasteiger partial charge in [-0.1, -0.05) is 6.07 Å². The molecule has 2 aliphatic rings. The van der Waals surface area contributed by atoms with Crippen LogP contribution in [0.25, 0.3) is 0 Å². The molecular weight excluding hydrogens is 612 g/mol. The first-order valence-electron chi connectivity index (χ1n) is 13.5. The summed E-state index contributed by atoms with van der Waals surface area (Å²) in [7, 11) is 0. The third kappa shape index (κ3) is 7.51. The number of likely N-dealkylation sites (tertiary alicyclic amines) is 1. The SMILES string of the molecule is CC(C)(C(N)=O)C(=O)NCCCNc1nc(Nc2cccc(NC(=O)CCC(=O)N3C[C@@H]4CC3C(=O)O4)c2)ncc1Br. The number of nitrogens with one attached hydrogen (secondary N) is 4. The first kappa shape index (κ1) is 30.7. The molecule has 3 heterocycles. The molecule has 1 aromatic carbocycles. The summed E-state index contributed by atoms with van der Waals surface area (Å²) < 4.78 is 5.74. The van der Waals surface area contributed by atoms with Crippen LogP contribution in [0, 0.1) is 5.41 Å². The maximum absolute atomic E-state index is 12.5. The second-order valence-electron chi connectivity index (χ2n) is 10.5. The summed E-state index contributed by atoms with van der Waals surface area (Å²) in [5, 5.41) is 11.7. The van der Waals surface area contributed by atoms with E-state index in [4.69, 9.17) is 10.5 Å². The molecule has 0 aliphatic carbocycles. The Balaban J connectivity index is 1.23. The zero-order chi connectivity index (χ0) is 30.4. The molecule has 2 atom stereocenters. The average Bonchev–Trinajstić information content (AvgIpc) is 3.53. The van der Waals surface area contributed by atoms with Gasteiger partial charge in [-0.15, -0.1) is 0 Å². The molecule has 14 nitrogen and oxygen atoms in total. The van der Waals surface area contributed by atoms with Crippen molar-refractivity contribution in [2.24, 2.45) is 11.1 Å². The van der Waals surface area contributed by atoms with Crippen LogP contribution in [0.3, 0.4) is 0 Å². The molecule has 15 heteroatoms. The fraction of sp³-hybridized carbons (Fsp3) is 0.444. The molecule has 6 N–H and O–H groups in total. The van der Waals surface area contributed by atoms with Crippen LogP contribution in [0.2, 0.25) is 0 Å². The summed E-state index contributed by atoms with van der Waals surface area (Å²) in [6, 6.07) is 6.44. The van der Waals surface area contributed by atoms with E-state index in [-0.39, 0.29) is 36.7 Å². The van der Waals surface area contributed by atoms with Gasteiger partial charge in [-0.3, -0.25) is 19.2 Å². The van der Waals surface area contributed by atoms with Gasteiger partial charge in [0.05, 0.1) is 11.0 Å². The van der Waals surface area contributed by atoms with Gasteiger partial charge >= 0.3 is 5.97 Å². The van der Waals surface area contributed by atoms with Gasteiger partial charge in [0.1, 0.15) is 23.4 Å². The number of carbonyl (C=O) groups is 5. The Kier molecular flexibility index (Phi) is 9.60. The quantitative estimate of drug-likeness (QED) is 0.121. The molecule has 2 aromatic rings. The molecule has 1 unspecified atom stereocenters. The molecule has 0 saturated carbocycles. The molecular formula is C27H33BrN8O6. The van der Waals surface area contributed by atoms with E-state index < -0.39 is 23.3 Å². The van der Waals surface area contributed by atoms with Crippen LogP contribution in [-0.4, -0.2) is 76.2 Å². The van der Waals surface area contributed by atoms with Crippen LogP contribution in [0.5, 0.6) is 0 Å². The van der Waals surface area contributed by atoms with Crippen molar-refractivity contribution in [3.8, 4) is 0 Å². The number of primary amides is 1. The zero-order valence-corrected chi connectivity index (χ0v) is 24.8. The number of nitrogens with zero attached hydrogens (tertiary/aromatic N) is 3. The van der Waals surface area contributed by atoms with Gasteiger partial charge in [-0.25, -0.2) is 9.78 Å². The minimum Gasteiger partial charge on any atom is -0.459 e. The number of anilines is 4. The normalized spacial score (nSPS) is 17.4. The lowest BCUT2D eigenvalue weighted by atomic mass is 9.91. The number of amides is 4. The van der Waals surface area contributed by atoms with Gasteiger partial charge in [0.25, 0.3) is 0 Å². The number of rotatable bonds is 13. The minimum atomic E-state index is -1.28. The highest BCUT2D eigenvalue weighted by Crippen LogP contribution is 2.29. The van der Waals surface area contributed by atoms with Crippen LogP contribution < -0.4 is 27.0 Å². The van der Waals surface area contributed by atoms with E-state index in [1.165, 1.54) is 18.7 Å². The van der Waals surface area contributed by atoms with Crippen molar-refractivity contribution in [1.29, 1.82) is 0 Å². The minimum absolute atomic E-state index is 0.000510. The van der Waals surface area contributed by atoms with Gasteiger partial charge in [0.15, 0.2) is 0 Å². The maximum atomic E-state index is 12.5. The van der Waals surface area contributed by atoms with Crippen molar-refractivity contribution in [2.75, 3.05) is 35.6 Å². The number of fused-ring (bicyclic) bond motifs is 2. The number of nitrogens with two attached hydrogens (primary N) is 1. The van der Waals surface area contributed by atoms with Gasteiger partial charge < -0.3 is 36.6 Å². The molecule has 2 saturated heterocycles. The summed E-state index contributed by atoms with van der Waals surface area (Å²) in [5.41, 5.74) is 5.14. The second kappa shape index (κ2) is 13.1. The van der Waals surface area contributed by atoms with Crippen molar-refractivity contribution in [2.45, 2.75) is 51.7 Å². The first-order chi connectivity index (χ1) is 19.9. The standard InChI is InChI=1S/C27H33BrN8O6/c1-27(2,24(29)40)25(41)31-10-4-9-30-22-18(28)13-32-26(35-22)34-16-6-3-5-15(11-16)33-20(37)7-8-21(38)36-14-17-12-19(36)23(39)42-17/h3,5-6,11,13,17,19H,4,7-10,12,14H2,1-2H3,(H2,29,40)(H,31,41)(H,33,37)(H2,30,32,34,35)/t17-,19?/m0/s1. The van der Waals surface area contributed by atoms with Crippen molar-refractivity contribution in [3.05, 3.63) is 34.9 Å². The number of aromatic nitrogens is 2. The Bertz CT molecular complexity index is 1390. The third-order valence-corrected chi connectivity index (χ3v) is 7.55. The highest BCUT2D eigenvalue weighted by Gasteiger charge is 2.48. The Hall–Kier alpha value is -4.27. The van der Waals surface area contributed by atoms with E-state index in [0.29, 0.717) is 60.1 Å². The van der Waals surface area contributed by atoms with Crippen molar-refractivity contribution in [3.63, 3.8) is 0 Å². The second-order valence-corrected chi connectivity index (χ2v) is 11.4. The van der Waals surface area contributed by atoms with Crippen LogP contribution in [-0.2, 0) is 28.7 Å². The summed E-state index contributed by atoms with van der Waals surface area (Å²) in [6.45, 7) is 4.16. The molecule has 4 amide bonds. The lowest BCUT2D eigenvalue weighted by Crippen LogP contribution is -2.46. The summed E-state index contributed by atoms with van der Waals surface area (Å²) in [6.07, 6.45) is 2.42. The third-order valence-electron chi connectivity index (χ3n) is 6.97. The molecule has 42 heavy (non-hydrogen) atoms. The number of morpholine rings is 1. The van der Waals surface area contributed by atoms with Crippen LogP contribution >= 0.6 is 15.9 Å². The zero-order valence-electron chi connectivity index (χ0n) is 23.2. The molecule has 2 bridgehead atoms. The number of halogens is 1. The largest absolute Gasteiger partial charge is 0.459 e. The van der Waals surface area contributed by atoms with Crippen LogP contribution in [0.4, 0.5) is 23.1 Å². The van der Waals surface area contributed by atoms with Crippen LogP contribution in [0.1, 0.15) is 39.5 Å². The maximum Gasteiger partial charge on any atom is 0.329 e. The highest BCUT2D eigenvalue weighted by molar-refractivity contribution is 9.10. The van der Waals surface area contributed by atoms with Crippen molar-refractivity contribution in [1.82, 2.24) is 20.2 Å². The fourth-order valence-electron chi connectivity index (χ4n) is 4.40. The number of ether oxygens (including phenoxy) is 1. The number of esters is 1. The van der Waals surface area contributed by atoms with Gasteiger partial charge in [0.2, 0.25) is 29.6 Å². The van der Waals surface area contributed by atoms with Crippen LogP contribution in [0.15, 0.2) is 34.9 Å². The number of carbonyl (C=O) groups excluding carboxylic acids is 5. The summed E-state index contributed by atoms with van der Waals surface area (Å²) in [5.74, 6) is -1.22. The predicted octanol–water partition coefficient (Wildman–Crippen LogP) is 1.66. The van der Waals surface area contributed by atoms with E-state index in [0.717, 1.165) is 0 Å². The number of hydrogen-bond acceptors (Lipinski definition) is 10. The Morgan fingerprint density at radius 1 is 1.17 bits per heavy atom. The van der Waals surface area contributed by atoms with Gasteiger partial charge in [-0.05, 0) is 54.4 Å². The molecule has 0 spiro atoms. The number of benzene rings is 1. The smallest absolute Gasteiger partial charge is 0.329 e. The topological polar surface area (TPSA) is 198 Å². The number of hydrogen-bond donors (Lipinski definition) is 5. The van der Waals surface area contributed by atoms with Gasteiger partial charge in [0, 0.05) is 49.9 Å². The van der Waals surface area contributed by atoms with Gasteiger partial charge in [-0.2, -0.15) is 4.98 Å². The van der Waals surface area contributed by atoms with Crippen molar-refractivity contribution < 1.29 is 28.7 Å². The molecule has 1 aromatic heterocycles. The average molecular weight is 646 g/mol. The van der Waals surface area contributed by atoms with E-state index in [2.05, 4.69) is 47.2 Å². The van der Waals surface area contributed by atoms with E-state index in [1.54, 1.807) is 30.5 Å². The van der Waals surface area contributed by atoms with E-state index in [9.17, 15) is 24.0 Å². The van der Waals surface area contributed by atoms with Crippen molar-refractivity contribution >= 4 is 68.7 Å². The Labute approximate surface area is 250 Å².